The maximum atomic E-state index is 5.90. The second-order valence-corrected chi connectivity index (χ2v) is 3.76. The molecule has 2 rings (SSSR count). The summed E-state index contributed by atoms with van der Waals surface area (Å²) in [4.78, 5) is 4.09. The van der Waals surface area contributed by atoms with Crippen molar-refractivity contribution in [1.29, 1.82) is 0 Å². The van der Waals surface area contributed by atoms with Gasteiger partial charge in [0, 0.05) is 23.6 Å². The van der Waals surface area contributed by atoms with E-state index in [-0.39, 0.29) is 0 Å². The molecule has 0 radical (unpaired) electrons. The normalized spacial score (nSPS) is 10.3. The lowest BCUT2D eigenvalue weighted by Gasteiger charge is -2.07. The van der Waals surface area contributed by atoms with E-state index >= 15 is 0 Å². The van der Waals surface area contributed by atoms with Crippen molar-refractivity contribution in [2.24, 2.45) is 0 Å². The lowest BCUT2D eigenvalue weighted by atomic mass is 10.0. The van der Waals surface area contributed by atoms with E-state index in [1.807, 2.05) is 6.07 Å². The van der Waals surface area contributed by atoms with Crippen LogP contribution in [0.2, 0.25) is 0 Å². The Morgan fingerprint density at radius 1 is 1.07 bits per heavy atom. The molecule has 0 aliphatic rings. The minimum Gasteiger partial charge on any atom is -0.398 e. The highest BCUT2D eigenvalue weighted by Crippen LogP contribution is 2.26. The van der Waals surface area contributed by atoms with Gasteiger partial charge < -0.3 is 5.73 Å². The zero-order valence-corrected chi connectivity index (χ0v) is 8.99. The Balaban J connectivity index is 2.55. The standard InChI is InChI=1S/C13H14N2/c1-9-3-4-11(7-10(9)2)12-8-15-6-5-13(12)14/h3-8H,1-2H3,(H2,14,15). The van der Waals surface area contributed by atoms with Gasteiger partial charge in [0.25, 0.3) is 0 Å². The van der Waals surface area contributed by atoms with Crippen molar-refractivity contribution in [1.82, 2.24) is 4.98 Å². The van der Waals surface area contributed by atoms with E-state index in [0.717, 1.165) is 16.8 Å². The van der Waals surface area contributed by atoms with Gasteiger partial charge in [0.05, 0.1) is 0 Å². The van der Waals surface area contributed by atoms with Gasteiger partial charge in [-0.3, -0.25) is 4.98 Å². The molecule has 1 aromatic carbocycles. The van der Waals surface area contributed by atoms with Gasteiger partial charge in [0.2, 0.25) is 0 Å². The molecule has 0 spiro atoms. The molecule has 0 atom stereocenters. The minimum atomic E-state index is 0.772. The summed E-state index contributed by atoms with van der Waals surface area (Å²) in [6, 6.07) is 8.15. The molecule has 0 saturated carbocycles. The number of benzene rings is 1. The zero-order chi connectivity index (χ0) is 10.8. The van der Waals surface area contributed by atoms with Gasteiger partial charge in [-0.05, 0) is 36.6 Å². The van der Waals surface area contributed by atoms with Crippen molar-refractivity contribution in [3.8, 4) is 11.1 Å². The maximum absolute atomic E-state index is 5.90. The van der Waals surface area contributed by atoms with Crippen LogP contribution in [-0.2, 0) is 0 Å². The first-order valence-electron chi connectivity index (χ1n) is 4.95. The van der Waals surface area contributed by atoms with Gasteiger partial charge in [-0.2, -0.15) is 0 Å². The van der Waals surface area contributed by atoms with Crippen LogP contribution in [0.25, 0.3) is 11.1 Å². The highest BCUT2D eigenvalue weighted by atomic mass is 14.7. The third-order valence-electron chi connectivity index (χ3n) is 2.67. The maximum Gasteiger partial charge on any atom is 0.0424 e. The Labute approximate surface area is 89.8 Å². The molecule has 2 aromatic rings. The molecule has 2 heteroatoms. The topological polar surface area (TPSA) is 38.9 Å². The number of hydrogen-bond acceptors (Lipinski definition) is 2. The molecule has 0 bridgehead atoms. The van der Waals surface area contributed by atoms with Crippen molar-refractivity contribution in [2.75, 3.05) is 5.73 Å². The van der Waals surface area contributed by atoms with Crippen LogP contribution >= 0.6 is 0 Å². The first-order chi connectivity index (χ1) is 7.18. The lowest BCUT2D eigenvalue weighted by Crippen LogP contribution is -1.91. The lowest BCUT2D eigenvalue weighted by molar-refractivity contribution is 1.31. The second-order valence-electron chi connectivity index (χ2n) is 3.76. The van der Waals surface area contributed by atoms with Crippen molar-refractivity contribution in [3.63, 3.8) is 0 Å². The highest BCUT2D eigenvalue weighted by Gasteiger charge is 2.03. The molecular formula is C13H14N2. The van der Waals surface area contributed by atoms with Crippen molar-refractivity contribution < 1.29 is 0 Å². The molecule has 1 heterocycles. The minimum absolute atomic E-state index is 0.772. The summed E-state index contributed by atoms with van der Waals surface area (Å²) in [5.41, 5.74) is 11.4. The number of aryl methyl sites for hydroxylation is 2. The number of hydrogen-bond donors (Lipinski definition) is 1. The molecule has 0 unspecified atom stereocenters. The highest BCUT2D eigenvalue weighted by molar-refractivity contribution is 5.75. The number of aromatic nitrogens is 1. The van der Waals surface area contributed by atoms with Crippen LogP contribution in [0.5, 0.6) is 0 Å². The number of rotatable bonds is 1. The SMILES string of the molecule is Cc1ccc(-c2cnccc2N)cc1C. The van der Waals surface area contributed by atoms with Gasteiger partial charge >= 0.3 is 0 Å². The van der Waals surface area contributed by atoms with E-state index in [2.05, 4.69) is 37.0 Å². The summed E-state index contributed by atoms with van der Waals surface area (Å²) in [7, 11) is 0. The summed E-state index contributed by atoms with van der Waals surface area (Å²) in [5.74, 6) is 0. The number of nitrogens with zero attached hydrogens (tertiary/aromatic N) is 1. The van der Waals surface area contributed by atoms with Crippen LogP contribution in [0.4, 0.5) is 5.69 Å². The van der Waals surface area contributed by atoms with Crippen molar-refractivity contribution in [3.05, 3.63) is 47.8 Å². The van der Waals surface area contributed by atoms with Crippen LogP contribution in [0.1, 0.15) is 11.1 Å². The average Bonchev–Trinajstić information content (AvgIpc) is 2.23. The van der Waals surface area contributed by atoms with Gasteiger partial charge in [-0.1, -0.05) is 18.2 Å². The van der Waals surface area contributed by atoms with E-state index in [9.17, 15) is 0 Å². The predicted molar refractivity (Wildman–Crippen MR) is 63.6 cm³/mol. The fraction of sp³-hybridized carbons (Fsp3) is 0.154. The number of anilines is 1. The molecule has 15 heavy (non-hydrogen) atoms. The number of nitrogen functional groups attached to an aromatic ring is 1. The summed E-state index contributed by atoms with van der Waals surface area (Å²) in [6.07, 6.45) is 3.51. The summed E-state index contributed by atoms with van der Waals surface area (Å²) < 4.78 is 0. The van der Waals surface area contributed by atoms with E-state index in [4.69, 9.17) is 5.73 Å². The van der Waals surface area contributed by atoms with E-state index < -0.39 is 0 Å². The van der Waals surface area contributed by atoms with Gasteiger partial charge in [0.15, 0.2) is 0 Å². The van der Waals surface area contributed by atoms with Crippen molar-refractivity contribution >= 4 is 5.69 Å². The van der Waals surface area contributed by atoms with Crippen LogP contribution in [0.15, 0.2) is 36.7 Å². The second kappa shape index (κ2) is 3.73. The Bertz CT molecular complexity index is 490. The Hall–Kier alpha value is -1.83. The molecule has 0 amide bonds. The third kappa shape index (κ3) is 1.84. The molecule has 0 saturated heterocycles. The summed E-state index contributed by atoms with van der Waals surface area (Å²) in [6.45, 7) is 4.21. The fourth-order valence-electron chi connectivity index (χ4n) is 1.56. The fourth-order valence-corrected chi connectivity index (χ4v) is 1.56. The largest absolute Gasteiger partial charge is 0.398 e. The molecule has 0 fully saturated rings. The third-order valence-corrected chi connectivity index (χ3v) is 2.67. The van der Waals surface area contributed by atoms with E-state index in [1.165, 1.54) is 11.1 Å². The first-order valence-corrected chi connectivity index (χ1v) is 4.95. The smallest absolute Gasteiger partial charge is 0.0424 e. The molecule has 76 valence electrons. The Kier molecular flexibility index (Phi) is 2.42. The number of pyridine rings is 1. The summed E-state index contributed by atoms with van der Waals surface area (Å²) >= 11 is 0. The molecule has 2 nitrogen and oxygen atoms in total. The van der Waals surface area contributed by atoms with Gasteiger partial charge in [-0.15, -0.1) is 0 Å². The monoisotopic (exact) mass is 198 g/mol. The Morgan fingerprint density at radius 2 is 1.87 bits per heavy atom. The van der Waals surface area contributed by atoms with Crippen LogP contribution in [-0.4, -0.2) is 4.98 Å². The van der Waals surface area contributed by atoms with Crippen LogP contribution < -0.4 is 5.73 Å². The van der Waals surface area contributed by atoms with Crippen molar-refractivity contribution in [2.45, 2.75) is 13.8 Å². The quantitative estimate of drug-likeness (QED) is 0.765. The van der Waals surface area contributed by atoms with Crippen LogP contribution in [0.3, 0.4) is 0 Å². The van der Waals surface area contributed by atoms with E-state index in [0.29, 0.717) is 0 Å². The molecule has 0 aliphatic heterocycles. The predicted octanol–water partition coefficient (Wildman–Crippen LogP) is 2.95. The summed E-state index contributed by atoms with van der Waals surface area (Å²) in [5, 5.41) is 0. The molecule has 1 aromatic heterocycles. The first kappa shape index (κ1) is 9.71. The van der Waals surface area contributed by atoms with Gasteiger partial charge in [0.1, 0.15) is 0 Å². The molecule has 0 aliphatic carbocycles. The van der Waals surface area contributed by atoms with E-state index in [1.54, 1.807) is 12.4 Å². The average molecular weight is 198 g/mol. The number of nitrogens with two attached hydrogens (primary N) is 1. The Morgan fingerprint density at radius 3 is 2.53 bits per heavy atom. The van der Waals surface area contributed by atoms with Gasteiger partial charge in [-0.25, -0.2) is 0 Å². The van der Waals surface area contributed by atoms with Crippen LogP contribution in [0, 0.1) is 13.8 Å². The zero-order valence-electron chi connectivity index (χ0n) is 8.99. The molecular weight excluding hydrogens is 184 g/mol. The molecule has 2 N–H and O–H groups in total.